The summed E-state index contributed by atoms with van der Waals surface area (Å²) in [6.45, 7) is 4.58. The van der Waals surface area contributed by atoms with Crippen molar-refractivity contribution in [2.75, 3.05) is 0 Å². The molecule has 22 heavy (non-hydrogen) atoms. The van der Waals surface area contributed by atoms with Crippen molar-refractivity contribution < 1.29 is 14.7 Å². The van der Waals surface area contributed by atoms with Crippen molar-refractivity contribution >= 4 is 11.9 Å². The molecular weight excluding hydrogens is 286 g/mol. The molecule has 0 bridgehead atoms. The number of aliphatic carboxylic acids is 1. The van der Waals surface area contributed by atoms with E-state index in [2.05, 4.69) is 20.7 Å². The van der Waals surface area contributed by atoms with Crippen LogP contribution in [0.3, 0.4) is 0 Å². The number of hydrogen-bond donors (Lipinski definition) is 2. The lowest BCUT2D eigenvalue weighted by Gasteiger charge is -2.20. The van der Waals surface area contributed by atoms with E-state index in [1.54, 1.807) is 0 Å². The maximum atomic E-state index is 11.8. The zero-order valence-corrected chi connectivity index (χ0v) is 12.6. The van der Waals surface area contributed by atoms with Crippen molar-refractivity contribution in [2.45, 2.75) is 32.9 Å². The Labute approximate surface area is 127 Å². The van der Waals surface area contributed by atoms with Gasteiger partial charge in [0.05, 0.1) is 0 Å². The van der Waals surface area contributed by atoms with Crippen LogP contribution in [0.2, 0.25) is 0 Å². The molecule has 1 aromatic carbocycles. The number of carboxylic acids is 1. The summed E-state index contributed by atoms with van der Waals surface area (Å²) in [5, 5.41) is 23.2. The van der Waals surface area contributed by atoms with Gasteiger partial charge in [-0.3, -0.25) is 4.79 Å². The number of aromatic nitrogens is 4. The number of amides is 1. The van der Waals surface area contributed by atoms with E-state index in [1.807, 2.05) is 31.2 Å². The molecule has 0 radical (unpaired) electrons. The van der Waals surface area contributed by atoms with E-state index >= 15 is 0 Å². The van der Waals surface area contributed by atoms with Gasteiger partial charge in [0, 0.05) is 5.56 Å². The molecule has 2 N–H and O–H groups in total. The van der Waals surface area contributed by atoms with Gasteiger partial charge in [-0.25, -0.2) is 4.79 Å². The van der Waals surface area contributed by atoms with Crippen LogP contribution in [0.1, 0.15) is 19.4 Å². The number of hydrogen-bond acceptors (Lipinski definition) is 5. The normalized spacial score (nSPS) is 11.2. The zero-order valence-electron chi connectivity index (χ0n) is 12.6. The number of nitrogens with one attached hydrogen (secondary N) is 1. The first-order chi connectivity index (χ1) is 10.3. The predicted octanol–water partition coefficient (Wildman–Crippen LogP) is 0.628. The van der Waals surface area contributed by atoms with Crippen LogP contribution < -0.4 is 5.32 Å². The van der Waals surface area contributed by atoms with Gasteiger partial charge < -0.3 is 10.4 Å². The molecule has 0 aliphatic carbocycles. The molecule has 8 heteroatoms. The molecule has 0 unspecified atom stereocenters. The quantitative estimate of drug-likeness (QED) is 0.838. The number of benzene rings is 1. The van der Waals surface area contributed by atoms with E-state index < -0.39 is 17.4 Å². The SMILES string of the molecule is Cc1ccc(-c2nnn(CC(=O)NC(C)(C)C(=O)O)n2)cc1. The maximum Gasteiger partial charge on any atom is 0.328 e. The van der Waals surface area contributed by atoms with Crippen molar-refractivity contribution in [3.63, 3.8) is 0 Å². The van der Waals surface area contributed by atoms with Gasteiger partial charge in [0.1, 0.15) is 12.1 Å². The van der Waals surface area contributed by atoms with Gasteiger partial charge in [-0.15, -0.1) is 10.2 Å². The molecule has 1 aromatic heterocycles. The fraction of sp³-hybridized carbons (Fsp3) is 0.357. The summed E-state index contributed by atoms with van der Waals surface area (Å²) in [5.74, 6) is -1.21. The molecule has 0 spiro atoms. The van der Waals surface area contributed by atoms with Crippen LogP contribution in [-0.4, -0.2) is 42.7 Å². The molecule has 0 fully saturated rings. The molecule has 8 nitrogen and oxygen atoms in total. The minimum atomic E-state index is -1.35. The smallest absolute Gasteiger partial charge is 0.328 e. The van der Waals surface area contributed by atoms with Crippen LogP contribution in [0, 0.1) is 6.92 Å². The van der Waals surface area contributed by atoms with Crippen LogP contribution >= 0.6 is 0 Å². The highest BCUT2D eigenvalue weighted by Gasteiger charge is 2.29. The van der Waals surface area contributed by atoms with E-state index in [9.17, 15) is 9.59 Å². The summed E-state index contributed by atoms with van der Waals surface area (Å²) < 4.78 is 0. The van der Waals surface area contributed by atoms with Gasteiger partial charge in [-0.1, -0.05) is 29.8 Å². The van der Waals surface area contributed by atoms with E-state index in [0.717, 1.165) is 15.9 Å². The van der Waals surface area contributed by atoms with Gasteiger partial charge in [0.25, 0.3) is 0 Å². The van der Waals surface area contributed by atoms with Crippen molar-refractivity contribution in [3.8, 4) is 11.4 Å². The van der Waals surface area contributed by atoms with Gasteiger partial charge in [0.15, 0.2) is 0 Å². The molecular formula is C14H17N5O3. The number of carbonyl (C=O) groups is 2. The average molecular weight is 303 g/mol. The first-order valence-electron chi connectivity index (χ1n) is 6.67. The van der Waals surface area contributed by atoms with E-state index in [1.165, 1.54) is 13.8 Å². The van der Waals surface area contributed by atoms with Crippen molar-refractivity contribution in [1.82, 2.24) is 25.5 Å². The van der Waals surface area contributed by atoms with Crippen molar-refractivity contribution in [2.24, 2.45) is 0 Å². The van der Waals surface area contributed by atoms with E-state index in [4.69, 9.17) is 5.11 Å². The highest BCUT2D eigenvalue weighted by Crippen LogP contribution is 2.13. The number of aryl methyl sites for hydroxylation is 1. The summed E-state index contributed by atoms with van der Waals surface area (Å²) in [6.07, 6.45) is 0. The van der Waals surface area contributed by atoms with Gasteiger partial charge >= 0.3 is 5.97 Å². The minimum Gasteiger partial charge on any atom is -0.480 e. The number of carbonyl (C=O) groups excluding carboxylic acids is 1. The second-order valence-corrected chi connectivity index (χ2v) is 5.49. The Morgan fingerprint density at radius 3 is 2.50 bits per heavy atom. The van der Waals surface area contributed by atoms with Crippen LogP contribution in [-0.2, 0) is 16.1 Å². The number of nitrogens with zero attached hydrogens (tertiary/aromatic N) is 4. The summed E-state index contributed by atoms with van der Waals surface area (Å²) in [7, 11) is 0. The first-order valence-corrected chi connectivity index (χ1v) is 6.67. The van der Waals surface area contributed by atoms with Crippen LogP contribution in [0.15, 0.2) is 24.3 Å². The number of carboxylic acid groups (broad SMARTS) is 1. The Morgan fingerprint density at radius 1 is 1.27 bits per heavy atom. The Bertz CT molecular complexity index is 691. The first kappa shape index (κ1) is 15.6. The minimum absolute atomic E-state index is 0.199. The average Bonchev–Trinajstić information content (AvgIpc) is 2.87. The second-order valence-electron chi connectivity index (χ2n) is 5.49. The lowest BCUT2D eigenvalue weighted by molar-refractivity contribution is -0.146. The molecule has 0 saturated heterocycles. The molecule has 1 heterocycles. The molecule has 0 aliphatic heterocycles. The summed E-state index contributed by atoms with van der Waals surface area (Å²) in [6, 6.07) is 7.59. The third-order valence-corrected chi connectivity index (χ3v) is 3.03. The molecule has 2 aromatic rings. The lowest BCUT2D eigenvalue weighted by Crippen LogP contribution is -2.50. The molecule has 116 valence electrons. The molecule has 0 saturated carbocycles. The predicted molar refractivity (Wildman–Crippen MR) is 77.8 cm³/mol. The van der Waals surface area contributed by atoms with Crippen LogP contribution in [0.25, 0.3) is 11.4 Å². The third-order valence-electron chi connectivity index (χ3n) is 3.03. The highest BCUT2D eigenvalue weighted by atomic mass is 16.4. The largest absolute Gasteiger partial charge is 0.480 e. The van der Waals surface area contributed by atoms with Gasteiger partial charge in [-0.05, 0) is 26.0 Å². The maximum absolute atomic E-state index is 11.8. The fourth-order valence-corrected chi connectivity index (χ4v) is 1.70. The fourth-order valence-electron chi connectivity index (χ4n) is 1.70. The van der Waals surface area contributed by atoms with E-state index in [-0.39, 0.29) is 6.54 Å². The topological polar surface area (TPSA) is 110 Å². The number of tetrazole rings is 1. The molecule has 0 atom stereocenters. The summed E-state index contributed by atoms with van der Waals surface area (Å²) in [4.78, 5) is 23.9. The summed E-state index contributed by atoms with van der Waals surface area (Å²) >= 11 is 0. The Morgan fingerprint density at radius 2 is 1.91 bits per heavy atom. The highest BCUT2D eigenvalue weighted by molar-refractivity contribution is 5.86. The lowest BCUT2D eigenvalue weighted by atomic mass is 10.1. The Balaban J connectivity index is 2.05. The van der Waals surface area contributed by atoms with Gasteiger partial charge in [0.2, 0.25) is 11.7 Å². The van der Waals surface area contributed by atoms with Crippen molar-refractivity contribution in [3.05, 3.63) is 29.8 Å². The van der Waals surface area contributed by atoms with Crippen molar-refractivity contribution in [1.29, 1.82) is 0 Å². The molecule has 0 aliphatic rings. The van der Waals surface area contributed by atoms with E-state index in [0.29, 0.717) is 5.82 Å². The standard InChI is InChI=1S/C14H17N5O3/c1-9-4-6-10(7-5-9)12-16-18-19(17-12)8-11(20)15-14(2,3)13(21)22/h4-7H,8H2,1-3H3,(H,15,20)(H,21,22). The van der Waals surface area contributed by atoms with Crippen LogP contribution in [0.5, 0.6) is 0 Å². The molecule has 1 amide bonds. The molecule has 2 rings (SSSR count). The monoisotopic (exact) mass is 303 g/mol. The Kier molecular flexibility index (Phi) is 4.20. The summed E-state index contributed by atoms with van der Waals surface area (Å²) in [5.41, 5.74) is 0.562. The zero-order chi connectivity index (χ0) is 16.3. The number of rotatable bonds is 5. The third kappa shape index (κ3) is 3.66. The Hall–Kier alpha value is -2.77. The van der Waals surface area contributed by atoms with Crippen LogP contribution in [0.4, 0.5) is 0 Å². The second kappa shape index (κ2) is 5.92. The van der Waals surface area contributed by atoms with Gasteiger partial charge in [-0.2, -0.15) is 4.80 Å².